The quantitative estimate of drug-likeness (QED) is 0.403. The van der Waals surface area contributed by atoms with Crippen LogP contribution >= 0.6 is 24.0 Å². The van der Waals surface area contributed by atoms with Crippen LogP contribution in [0.15, 0.2) is 45.7 Å². The van der Waals surface area contributed by atoms with Gasteiger partial charge in [-0.3, -0.25) is 14.5 Å². The van der Waals surface area contributed by atoms with Crippen LogP contribution in [0.2, 0.25) is 0 Å². The molecule has 0 saturated carbocycles. The third-order valence-electron chi connectivity index (χ3n) is 4.87. The molecule has 9 heteroatoms. The lowest BCUT2D eigenvalue weighted by molar-refractivity contribution is -0.123. The number of nitrogens with zero attached hydrogens (tertiary/aromatic N) is 1. The van der Waals surface area contributed by atoms with E-state index in [0.29, 0.717) is 32.7 Å². The Labute approximate surface area is 177 Å². The summed E-state index contributed by atoms with van der Waals surface area (Å²) in [4.78, 5) is 26.0. The Morgan fingerprint density at radius 1 is 1.24 bits per heavy atom. The molecule has 0 aliphatic carbocycles. The molecule has 1 aromatic heterocycles. The summed E-state index contributed by atoms with van der Waals surface area (Å²) in [5.74, 6) is 0.851. The van der Waals surface area contributed by atoms with E-state index in [-0.39, 0.29) is 23.2 Å². The summed E-state index contributed by atoms with van der Waals surface area (Å²) < 4.78 is 29.7. The van der Waals surface area contributed by atoms with Crippen molar-refractivity contribution in [1.29, 1.82) is 0 Å². The van der Waals surface area contributed by atoms with Gasteiger partial charge in [0.2, 0.25) is 0 Å². The zero-order chi connectivity index (χ0) is 20.8. The molecular weight excluding hydrogens is 430 g/mol. The van der Waals surface area contributed by atoms with E-state index >= 15 is 0 Å². The monoisotopic (exact) mass is 447 g/mol. The van der Waals surface area contributed by atoms with Crippen molar-refractivity contribution >= 4 is 55.9 Å². The van der Waals surface area contributed by atoms with Crippen LogP contribution in [0.25, 0.3) is 17.4 Å². The normalized spacial score (nSPS) is 22.6. The van der Waals surface area contributed by atoms with Crippen molar-refractivity contribution < 1.29 is 22.4 Å². The summed E-state index contributed by atoms with van der Waals surface area (Å²) in [6.45, 7) is 1.51. The molecule has 0 bridgehead atoms. The second-order valence-electron chi connectivity index (χ2n) is 6.94. The van der Waals surface area contributed by atoms with Crippen molar-refractivity contribution in [2.24, 2.45) is 0 Å². The highest BCUT2D eigenvalue weighted by Crippen LogP contribution is 2.36. The number of benzene rings is 1. The minimum absolute atomic E-state index is 0.00577. The molecule has 1 aromatic carbocycles. The SMILES string of the molecule is CC(=O)c1ccc(-c2ccc(/C=C3/SC(=S)N([C@@H]4CCS(=O)(=O)C4)C3=O)o2)cc1. The largest absolute Gasteiger partial charge is 0.457 e. The molecule has 2 aliphatic rings. The standard InChI is InChI=1S/C20H17NO5S3/c1-12(22)13-2-4-14(5-3-13)17-7-6-16(26-17)10-18-19(23)21(20(27)28-18)15-8-9-29(24,25)11-15/h2-7,10,15H,8-9,11H2,1H3/b18-10+/t15-/m1/s1. The number of sulfone groups is 1. The van der Waals surface area contributed by atoms with Gasteiger partial charge in [-0.25, -0.2) is 8.42 Å². The Morgan fingerprint density at radius 3 is 2.59 bits per heavy atom. The molecule has 29 heavy (non-hydrogen) atoms. The number of hydrogen-bond donors (Lipinski definition) is 0. The van der Waals surface area contributed by atoms with Gasteiger partial charge in [0.05, 0.1) is 22.5 Å². The van der Waals surface area contributed by atoms with Crippen LogP contribution in [-0.4, -0.2) is 46.9 Å². The first-order valence-electron chi connectivity index (χ1n) is 8.92. The summed E-state index contributed by atoms with van der Waals surface area (Å²) >= 11 is 6.46. The molecule has 2 saturated heterocycles. The number of Topliss-reactive ketones (excluding diaryl/α,β-unsaturated/α-hetero) is 1. The zero-order valence-corrected chi connectivity index (χ0v) is 17.9. The maximum Gasteiger partial charge on any atom is 0.266 e. The Balaban J connectivity index is 1.54. The fourth-order valence-electron chi connectivity index (χ4n) is 3.36. The number of thiocarbonyl (C=S) groups is 1. The Kier molecular flexibility index (Phi) is 5.22. The van der Waals surface area contributed by atoms with E-state index in [2.05, 4.69) is 0 Å². The Bertz CT molecular complexity index is 1150. The molecule has 4 rings (SSSR count). The molecular formula is C20H17NO5S3. The van der Waals surface area contributed by atoms with Crippen molar-refractivity contribution in [2.75, 3.05) is 11.5 Å². The van der Waals surface area contributed by atoms with Crippen LogP contribution in [0, 0.1) is 0 Å². The number of amides is 1. The van der Waals surface area contributed by atoms with Gasteiger partial charge in [0.15, 0.2) is 15.6 Å². The molecule has 1 amide bonds. The van der Waals surface area contributed by atoms with Crippen molar-refractivity contribution in [3.63, 3.8) is 0 Å². The lowest BCUT2D eigenvalue weighted by atomic mass is 10.1. The van der Waals surface area contributed by atoms with E-state index in [9.17, 15) is 18.0 Å². The molecule has 2 aromatic rings. The van der Waals surface area contributed by atoms with E-state index in [1.165, 1.54) is 11.8 Å². The van der Waals surface area contributed by atoms with Crippen LogP contribution < -0.4 is 0 Å². The van der Waals surface area contributed by atoms with E-state index in [1.54, 1.807) is 42.5 Å². The minimum atomic E-state index is -3.11. The highest BCUT2D eigenvalue weighted by Gasteiger charge is 2.42. The predicted molar refractivity (Wildman–Crippen MR) is 116 cm³/mol. The lowest BCUT2D eigenvalue weighted by Crippen LogP contribution is -2.39. The molecule has 0 spiro atoms. The molecule has 2 fully saturated rings. The van der Waals surface area contributed by atoms with E-state index in [1.807, 2.05) is 0 Å². The molecule has 1 atom stereocenters. The van der Waals surface area contributed by atoms with Crippen molar-refractivity contribution in [3.8, 4) is 11.3 Å². The molecule has 150 valence electrons. The number of thioether (sulfide) groups is 1. The van der Waals surface area contributed by atoms with Crippen LogP contribution in [0.3, 0.4) is 0 Å². The van der Waals surface area contributed by atoms with Crippen LogP contribution in [0.5, 0.6) is 0 Å². The first kappa shape index (κ1) is 20.1. The van der Waals surface area contributed by atoms with Crippen molar-refractivity contribution in [3.05, 3.63) is 52.6 Å². The summed E-state index contributed by atoms with van der Waals surface area (Å²) in [5.41, 5.74) is 1.44. The molecule has 2 aliphatic heterocycles. The fraction of sp³-hybridized carbons (Fsp3) is 0.250. The zero-order valence-electron chi connectivity index (χ0n) is 15.5. The van der Waals surface area contributed by atoms with Gasteiger partial charge in [0.1, 0.15) is 15.8 Å². The number of rotatable bonds is 4. The average Bonchev–Trinajstić information content (AvgIpc) is 3.34. The van der Waals surface area contributed by atoms with E-state index < -0.39 is 15.9 Å². The van der Waals surface area contributed by atoms with Gasteiger partial charge in [-0.1, -0.05) is 48.2 Å². The highest BCUT2D eigenvalue weighted by atomic mass is 32.2. The molecule has 0 N–H and O–H groups in total. The highest BCUT2D eigenvalue weighted by molar-refractivity contribution is 8.26. The number of hydrogen-bond acceptors (Lipinski definition) is 7. The Morgan fingerprint density at radius 2 is 1.97 bits per heavy atom. The van der Waals surface area contributed by atoms with Crippen LogP contribution in [0.4, 0.5) is 0 Å². The van der Waals surface area contributed by atoms with Crippen molar-refractivity contribution in [2.45, 2.75) is 19.4 Å². The number of carbonyl (C=O) groups excluding carboxylic acids is 2. The van der Waals surface area contributed by atoms with Gasteiger partial charge in [0.25, 0.3) is 5.91 Å². The second-order valence-corrected chi connectivity index (χ2v) is 10.8. The third-order valence-corrected chi connectivity index (χ3v) is 7.95. The summed E-state index contributed by atoms with van der Waals surface area (Å²) in [6, 6.07) is 10.2. The van der Waals surface area contributed by atoms with Gasteiger partial charge < -0.3 is 4.42 Å². The van der Waals surface area contributed by atoms with Gasteiger partial charge in [-0.15, -0.1) is 0 Å². The Hall–Kier alpha value is -2.23. The number of furan rings is 1. The van der Waals surface area contributed by atoms with Crippen molar-refractivity contribution in [1.82, 2.24) is 4.90 Å². The van der Waals surface area contributed by atoms with Crippen LogP contribution in [-0.2, 0) is 14.6 Å². The third kappa shape index (κ3) is 4.08. The maximum absolute atomic E-state index is 12.8. The van der Waals surface area contributed by atoms with Gasteiger partial charge >= 0.3 is 0 Å². The molecule has 0 radical (unpaired) electrons. The van der Waals surface area contributed by atoms with Gasteiger partial charge in [-0.05, 0) is 25.5 Å². The predicted octanol–water partition coefficient (Wildman–Crippen LogP) is 3.54. The smallest absolute Gasteiger partial charge is 0.266 e. The maximum atomic E-state index is 12.8. The van der Waals surface area contributed by atoms with Gasteiger partial charge in [0, 0.05) is 17.2 Å². The first-order valence-corrected chi connectivity index (χ1v) is 12.0. The van der Waals surface area contributed by atoms with Gasteiger partial charge in [-0.2, -0.15) is 0 Å². The molecule has 6 nitrogen and oxygen atoms in total. The number of carbonyl (C=O) groups is 2. The summed E-state index contributed by atoms with van der Waals surface area (Å²) in [6.07, 6.45) is 2.03. The number of ketones is 1. The summed E-state index contributed by atoms with van der Waals surface area (Å²) in [7, 11) is -3.11. The first-order chi connectivity index (χ1) is 13.7. The average molecular weight is 448 g/mol. The van der Waals surface area contributed by atoms with Crippen LogP contribution in [0.1, 0.15) is 29.5 Å². The minimum Gasteiger partial charge on any atom is -0.457 e. The molecule has 0 unspecified atom stereocenters. The molecule has 3 heterocycles. The van der Waals surface area contributed by atoms with E-state index in [4.69, 9.17) is 16.6 Å². The fourth-order valence-corrected chi connectivity index (χ4v) is 6.44. The second kappa shape index (κ2) is 7.55. The van der Waals surface area contributed by atoms with E-state index in [0.717, 1.165) is 17.3 Å². The summed E-state index contributed by atoms with van der Waals surface area (Å²) in [5, 5.41) is 0. The topological polar surface area (TPSA) is 84.7 Å². The lowest BCUT2D eigenvalue weighted by Gasteiger charge is -2.20.